The molecular formula is C11H18N2O2S2. The van der Waals surface area contributed by atoms with Crippen molar-refractivity contribution < 1.29 is 8.42 Å². The Morgan fingerprint density at radius 3 is 2.94 bits per heavy atom. The number of sulfonamides is 1. The largest absolute Gasteiger partial charge is 0.329 e. The van der Waals surface area contributed by atoms with E-state index in [9.17, 15) is 8.42 Å². The summed E-state index contributed by atoms with van der Waals surface area (Å²) in [7, 11) is -3.34. The average Bonchev–Trinajstić information content (AvgIpc) is 2.82. The van der Waals surface area contributed by atoms with Crippen molar-refractivity contribution in [3.8, 4) is 0 Å². The van der Waals surface area contributed by atoms with Gasteiger partial charge in [-0.1, -0.05) is 13.0 Å². The first kappa shape index (κ1) is 13.0. The molecule has 0 amide bonds. The number of nitrogens with two attached hydrogens (primary N) is 1. The first-order chi connectivity index (χ1) is 8.07. The maximum Gasteiger partial charge on any atom is 0.252 e. The van der Waals surface area contributed by atoms with Gasteiger partial charge in [0.1, 0.15) is 4.21 Å². The van der Waals surface area contributed by atoms with Crippen LogP contribution in [0.4, 0.5) is 0 Å². The second-order valence-corrected chi connectivity index (χ2v) is 7.54. The fourth-order valence-electron chi connectivity index (χ4n) is 2.39. The summed E-state index contributed by atoms with van der Waals surface area (Å²) in [5.74, 6) is 0.337. The molecule has 1 aliphatic heterocycles. The number of thiophene rings is 1. The van der Waals surface area contributed by atoms with Crippen LogP contribution in [0.2, 0.25) is 0 Å². The molecule has 0 saturated carbocycles. The Kier molecular flexibility index (Phi) is 3.87. The molecule has 1 aliphatic rings. The van der Waals surface area contributed by atoms with Crippen LogP contribution in [0, 0.1) is 5.92 Å². The lowest BCUT2D eigenvalue weighted by Crippen LogP contribution is -2.51. The molecule has 0 bridgehead atoms. The van der Waals surface area contributed by atoms with Crippen LogP contribution in [0.1, 0.15) is 19.8 Å². The van der Waals surface area contributed by atoms with Crippen molar-refractivity contribution in [2.75, 3.05) is 13.1 Å². The summed E-state index contributed by atoms with van der Waals surface area (Å²) in [5.41, 5.74) is 5.73. The quantitative estimate of drug-likeness (QED) is 0.908. The Labute approximate surface area is 106 Å². The highest BCUT2D eigenvalue weighted by atomic mass is 32.2. The Morgan fingerprint density at radius 1 is 1.59 bits per heavy atom. The molecule has 0 aliphatic carbocycles. The van der Waals surface area contributed by atoms with E-state index in [-0.39, 0.29) is 6.04 Å². The monoisotopic (exact) mass is 274 g/mol. The lowest BCUT2D eigenvalue weighted by atomic mass is 9.93. The molecule has 17 heavy (non-hydrogen) atoms. The lowest BCUT2D eigenvalue weighted by molar-refractivity contribution is 0.193. The molecule has 1 saturated heterocycles. The van der Waals surface area contributed by atoms with Gasteiger partial charge in [-0.3, -0.25) is 0 Å². The molecule has 2 rings (SSSR count). The van der Waals surface area contributed by atoms with Gasteiger partial charge in [0.2, 0.25) is 0 Å². The van der Waals surface area contributed by atoms with Gasteiger partial charge in [-0.15, -0.1) is 11.3 Å². The van der Waals surface area contributed by atoms with Gasteiger partial charge in [-0.05, 0) is 30.2 Å². The van der Waals surface area contributed by atoms with Gasteiger partial charge >= 0.3 is 0 Å². The van der Waals surface area contributed by atoms with Crippen LogP contribution in [0.25, 0.3) is 0 Å². The van der Waals surface area contributed by atoms with Crippen LogP contribution < -0.4 is 5.73 Å². The minimum absolute atomic E-state index is 0.0594. The van der Waals surface area contributed by atoms with E-state index >= 15 is 0 Å². The molecule has 2 unspecified atom stereocenters. The van der Waals surface area contributed by atoms with Crippen LogP contribution in [-0.2, 0) is 10.0 Å². The fraction of sp³-hybridized carbons (Fsp3) is 0.636. The first-order valence-electron chi connectivity index (χ1n) is 5.83. The standard InChI is InChI=1S/C11H18N2O2S2/c1-9-4-2-6-13(10(9)8-12)17(14,15)11-5-3-7-16-11/h3,5,7,9-10H,2,4,6,8,12H2,1H3. The average molecular weight is 274 g/mol. The highest BCUT2D eigenvalue weighted by Crippen LogP contribution is 2.30. The summed E-state index contributed by atoms with van der Waals surface area (Å²) in [5, 5.41) is 1.79. The van der Waals surface area contributed by atoms with Gasteiger partial charge in [0.15, 0.2) is 0 Å². The van der Waals surface area contributed by atoms with Crippen molar-refractivity contribution in [2.45, 2.75) is 30.0 Å². The Bertz CT molecular complexity index is 456. The smallest absolute Gasteiger partial charge is 0.252 e. The summed E-state index contributed by atoms with van der Waals surface area (Å²) in [6.07, 6.45) is 1.97. The molecule has 6 heteroatoms. The van der Waals surface area contributed by atoms with Gasteiger partial charge in [0.05, 0.1) is 0 Å². The third-order valence-electron chi connectivity index (χ3n) is 3.36. The van der Waals surface area contributed by atoms with Crippen LogP contribution in [0.3, 0.4) is 0 Å². The highest BCUT2D eigenvalue weighted by Gasteiger charge is 2.36. The van der Waals surface area contributed by atoms with E-state index in [0.717, 1.165) is 12.8 Å². The van der Waals surface area contributed by atoms with Gasteiger partial charge in [-0.25, -0.2) is 8.42 Å². The maximum atomic E-state index is 12.4. The SMILES string of the molecule is CC1CCCN(S(=O)(=O)c2cccs2)C1CN. The van der Waals surface area contributed by atoms with Crippen LogP contribution in [0.5, 0.6) is 0 Å². The second kappa shape index (κ2) is 5.06. The van der Waals surface area contributed by atoms with Crippen molar-refractivity contribution in [1.29, 1.82) is 0 Å². The normalized spacial score (nSPS) is 27.2. The first-order valence-corrected chi connectivity index (χ1v) is 8.14. The van der Waals surface area contributed by atoms with Crippen LogP contribution in [0.15, 0.2) is 21.7 Å². The van der Waals surface area contributed by atoms with E-state index < -0.39 is 10.0 Å². The van der Waals surface area contributed by atoms with E-state index in [4.69, 9.17) is 5.73 Å². The van der Waals surface area contributed by atoms with Gasteiger partial charge in [-0.2, -0.15) is 4.31 Å². The van der Waals surface area contributed by atoms with Crippen molar-refractivity contribution in [3.63, 3.8) is 0 Å². The molecule has 2 N–H and O–H groups in total. The Balaban J connectivity index is 2.32. The van der Waals surface area contributed by atoms with E-state index in [2.05, 4.69) is 6.92 Å². The van der Waals surface area contributed by atoms with Crippen molar-refractivity contribution in [3.05, 3.63) is 17.5 Å². The zero-order valence-electron chi connectivity index (χ0n) is 9.87. The Morgan fingerprint density at radius 2 is 2.35 bits per heavy atom. The third-order valence-corrected chi connectivity index (χ3v) is 6.66. The van der Waals surface area contributed by atoms with E-state index in [1.165, 1.54) is 11.3 Å². The number of piperidine rings is 1. The van der Waals surface area contributed by atoms with Crippen LogP contribution in [-0.4, -0.2) is 31.9 Å². The van der Waals surface area contributed by atoms with E-state index in [0.29, 0.717) is 23.2 Å². The Hall–Kier alpha value is -0.430. The van der Waals surface area contributed by atoms with Crippen molar-refractivity contribution in [1.82, 2.24) is 4.31 Å². The molecule has 1 fully saturated rings. The van der Waals surface area contributed by atoms with E-state index in [1.54, 1.807) is 21.8 Å². The van der Waals surface area contributed by atoms with Gasteiger partial charge in [0, 0.05) is 19.1 Å². The molecule has 2 heterocycles. The predicted octanol–water partition coefficient (Wildman–Crippen LogP) is 1.50. The zero-order chi connectivity index (χ0) is 12.5. The minimum Gasteiger partial charge on any atom is -0.329 e. The fourth-order valence-corrected chi connectivity index (χ4v) is 5.28. The molecule has 4 nitrogen and oxygen atoms in total. The van der Waals surface area contributed by atoms with Crippen LogP contribution >= 0.6 is 11.3 Å². The molecule has 1 aromatic heterocycles. The zero-order valence-corrected chi connectivity index (χ0v) is 11.5. The molecule has 2 atom stereocenters. The van der Waals surface area contributed by atoms with Crippen molar-refractivity contribution >= 4 is 21.4 Å². The summed E-state index contributed by atoms with van der Waals surface area (Å²) < 4.78 is 26.9. The maximum absolute atomic E-state index is 12.4. The van der Waals surface area contributed by atoms with Gasteiger partial charge in [0.25, 0.3) is 10.0 Å². The molecule has 96 valence electrons. The third kappa shape index (κ3) is 2.40. The summed E-state index contributed by atoms with van der Waals surface area (Å²) in [6.45, 7) is 3.06. The lowest BCUT2D eigenvalue weighted by Gasteiger charge is -2.37. The van der Waals surface area contributed by atoms with Crippen molar-refractivity contribution in [2.24, 2.45) is 11.7 Å². The highest BCUT2D eigenvalue weighted by molar-refractivity contribution is 7.91. The molecule has 0 radical (unpaired) electrons. The summed E-state index contributed by atoms with van der Waals surface area (Å²) in [6, 6.07) is 3.37. The number of hydrogen-bond donors (Lipinski definition) is 1. The molecular weight excluding hydrogens is 256 g/mol. The summed E-state index contributed by atoms with van der Waals surface area (Å²) >= 11 is 1.27. The minimum atomic E-state index is -3.34. The second-order valence-electron chi connectivity index (χ2n) is 4.47. The molecule has 0 aromatic carbocycles. The molecule has 1 aromatic rings. The topological polar surface area (TPSA) is 63.4 Å². The van der Waals surface area contributed by atoms with E-state index in [1.807, 2.05) is 0 Å². The number of rotatable bonds is 3. The number of hydrogen-bond acceptors (Lipinski definition) is 4. The number of nitrogens with zero attached hydrogens (tertiary/aromatic N) is 1. The summed E-state index contributed by atoms with van der Waals surface area (Å²) in [4.78, 5) is 0. The predicted molar refractivity (Wildman–Crippen MR) is 69.5 cm³/mol. The van der Waals surface area contributed by atoms with Gasteiger partial charge < -0.3 is 5.73 Å². The molecule has 0 spiro atoms.